The van der Waals surface area contributed by atoms with Crippen LogP contribution in [0.25, 0.3) is 0 Å². The van der Waals surface area contributed by atoms with Crippen LogP contribution >= 0.6 is 22.6 Å². The van der Waals surface area contributed by atoms with Gasteiger partial charge in [0.15, 0.2) is 0 Å². The lowest BCUT2D eigenvalue weighted by Gasteiger charge is -2.12. The van der Waals surface area contributed by atoms with Gasteiger partial charge in [-0.1, -0.05) is 30.3 Å². The fourth-order valence-electron chi connectivity index (χ4n) is 1.42. The van der Waals surface area contributed by atoms with Gasteiger partial charge in [-0.05, 0) is 28.2 Å². The number of nitrogens with two attached hydrogens (primary N) is 1. The first-order valence-electron chi connectivity index (χ1n) is 5.27. The molecule has 2 aromatic rings. The number of hydrogen-bond acceptors (Lipinski definition) is 4. The van der Waals surface area contributed by atoms with Gasteiger partial charge in [-0.15, -0.1) is 0 Å². The Labute approximate surface area is 114 Å². The van der Waals surface area contributed by atoms with Crippen LogP contribution in [0.3, 0.4) is 0 Å². The van der Waals surface area contributed by atoms with Crippen LogP contribution in [0, 0.1) is 3.57 Å². The van der Waals surface area contributed by atoms with Gasteiger partial charge in [-0.3, -0.25) is 0 Å². The summed E-state index contributed by atoms with van der Waals surface area (Å²) >= 11 is 2.17. The second kappa shape index (κ2) is 5.92. The molecule has 4 nitrogen and oxygen atoms in total. The maximum Gasteiger partial charge on any atom is 0.222 e. The molecule has 5 heteroatoms. The highest BCUT2D eigenvalue weighted by atomic mass is 127. The lowest BCUT2D eigenvalue weighted by atomic mass is 10.1. The third kappa shape index (κ3) is 3.64. The van der Waals surface area contributed by atoms with Gasteiger partial charge in [-0.25, -0.2) is 9.97 Å². The summed E-state index contributed by atoms with van der Waals surface area (Å²) in [6, 6.07) is 9.92. The molecule has 0 fully saturated rings. The van der Waals surface area contributed by atoms with Gasteiger partial charge in [0.05, 0.1) is 0 Å². The van der Waals surface area contributed by atoms with Crippen molar-refractivity contribution in [2.24, 2.45) is 5.73 Å². The summed E-state index contributed by atoms with van der Waals surface area (Å²) in [4.78, 5) is 8.32. The van der Waals surface area contributed by atoms with Gasteiger partial charge in [0.2, 0.25) is 5.95 Å². The second-order valence-electron chi connectivity index (χ2n) is 3.62. The van der Waals surface area contributed by atoms with Gasteiger partial charge >= 0.3 is 0 Å². The predicted molar refractivity (Wildman–Crippen MR) is 76.6 cm³/mol. The molecule has 0 spiro atoms. The number of anilines is 1. The zero-order valence-corrected chi connectivity index (χ0v) is 11.3. The van der Waals surface area contributed by atoms with Crippen LogP contribution in [0.5, 0.6) is 0 Å². The molecule has 0 amide bonds. The molecule has 0 saturated heterocycles. The van der Waals surface area contributed by atoms with Crippen molar-refractivity contribution in [3.63, 3.8) is 0 Å². The van der Waals surface area contributed by atoms with Crippen molar-refractivity contribution in [2.75, 3.05) is 11.9 Å². The van der Waals surface area contributed by atoms with Crippen LogP contribution < -0.4 is 11.1 Å². The van der Waals surface area contributed by atoms with Crippen molar-refractivity contribution in [1.29, 1.82) is 0 Å². The summed E-state index contributed by atoms with van der Waals surface area (Å²) in [5.74, 6) is 0.608. The first-order chi connectivity index (χ1) is 8.25. The van der Waals surface area contributed by atoms with Gasteiger partial charge in [0, 0.05) is 28.6 Å². The molecule has 3 N–H and O–H groups in total. The molecule has 1 unspecified atom stereocenters. The molecule has 1 aromatic carbocycles. The Morgan fingerprint density at radius 2 is 1.82 bits per heavy atom. The molecular formula is C12H13IN4. The zero-order chi connectivity index (χ0) is 12.1. The Bertz CT molecular complexity index is 458. The topological polar surface area (TPSA) is 63.8 Å². The number of nitrogens with zero attached hydrogens (tertiary/aromatic N) is 2. The third-order valence-electron chi connectivity index (χ3n) is 2.33. The first kappa shape index (κ1) is 12.3. The van der Waals surface area contributed by atoms with E-state index in [0.717, 1.165) is 9.13 Å². The molecule has 1 heterocycles. The van der Waals surface area contributed by atoms with E-state index in [1.54, 1.807) is 12.4 Å². The van der Waals surface area contributed by atoms with Crippen LogP contribution in [0.1, 0.15) is 11.6 Å². The summed E-state index contributed by atoms with van der Waals surface area (Å²) in [6.45, 7) is 0.616. The molecule has 1 aromatic heterocycles. The second-order valence-corrected chi connectivity index (χ2v) is 4.87. The van der Waals surface area contributed by atoms with Gasteiger partial charge in [-0.2, -0.15) is 0 Å². The highest BCUT2D eigenvalue weighted by Crippen LogP contribution is 2.10. The molecule has 0 aliphatic rings. The number of benzene rings is 1. The minimum atomic E-state index is -0.0564. The number of nitrogens with one attached hydrogen (secondary N) is 1. The van der Waals surface area contributed by atoms with E-state index in [1.807, 2.05) is 30.3 Å². The first-order valence-corrected chi connectivity index (χ1v) is 6.35. The molecule has 0 bridgehead atoms. The van der Waals surface area contributed by atoms with E-state index in [-0.39, 0.29) is 6.04 Å². The van der Waals surface area contributed by atoms with Gasteiger partial charge in [0.1, 0.15) is 0 Å². The van der Waals surface area contributed by atoms with E-state index in [9.17, 15) is 0 Å². The zero-order valence-electron chi connectivity index (χ0n) is 9.18. The highest BCUT2D eigenvalue weighted by Gasteiger charge is 2.05. The van der Waals surface area contributed by atoms with E-state index in [4.69, 9.17) is 5.73 Å². The van der Waals surface area contributed by atoms with E-state index in [1.165, 1.54) is 0 Å². The fourth-order valence-corrected chi connectivity index (χ4v) is 1.70. The standard InChI is InChI=1S/C12H13IN4/c13-10-6-15-12(16-7-10)17-8-11(14)9-4-2-1-3-5-9/h1-7,11H,8,14H2,(H,15,16,17). The lowest BCUT2D eigenvalue weighted by molar-refractivity contribution is 0.758. The van der Waals surface area contributed by atoms with Gasteiger partial charge < -0.3 is 11.1 Å². The van der Waals surface area contributed by atoms with E-state index in [2.05, 4.69) is 37.9 Å². The van der Waals surface area contributed by atoms with E-state index < -0.39 is 0 Å². The maximum absolute atomic E-state index is 6.05. The van der Waals surface area contributed by atoms with Crippen LogP contribution in [0.4, 0.5) is 5.95 Å². The molecule has 88 valence electrons. The Balaban J connectivity index is 1.92. The van der Waals surface area contributed by atoms with Crippen molar-refractivity contribution >= 4 is 28.5 Å². The monoisotopic (exact) mass is 340 g/mol. The predicted octanol–water partition coefficient (Wildman–Crippen LogP) is 2.19. The van der Waals surface area contributed by atoms with Crippen LogP contribution in [0.2, 0.25) is 0 Å². The van der Waals surface area contributed by atoms with E-state index >= 15 is 0 Å². The fraction of sp³-hybridized carbons (Fsp3) is 0.167. The molecular weight excluding hydrogens is 327 g/mol. The number of rotatable bonds is 4. The Morgan fingerprint density at radius 3 is 2.47 bits per heavy atom. The van der Waals surface area contributed by atoms with Crippen molar-refractivity contribution < 1.29 is 0 Å². The number of aromatic nitrogens is 2. The highest BCUT2D eigenvalue weighted by molar-refractivity contribution is 14.1. The summed E-state index contributed by atoms with van der Waals surface area (Å²) in [6.07, 6.45) is 3.54. The lowest BCUT2D eigenvalue weighted by Crippen LogP contribution is -2.21. The van der Waals surface area contributed by atoms with Crippen LogP contribution in [0.15, 0.2) is 42.7 Å². The Kier molecular flexibility index (Phi) is 4.27. The molecule has 2 rings (SSSR count). The van der Waals surface area contributed by atoms with Crippen molar-refractivity contribution in [3.05, 3.63) is 51.9 Å². The number of hydrogen-bond donors (Lipinski definition) is 2. The van der Waals surface area contributed by atoms with Gasteiger partial charge in [0.25, 0.3) is 0 Å². The normalized spacial score (nSPS) is 12.1. The quantitative estimate of drug-likeness (QED) is 0.838. The molecule has 0 radical (unpaired) electrons. The minimum absolute atomic E-state index is 0.0564. The SMILES string of the molecule is NC(CNc1ncc(I)cn1)c1ccccc1. The third-order valence-corrected chi connectivity index (χ3v) is 2.89. The average molecular weight is 340 g/mol. The van der Waals surface area contributed by atoms with Crippen molar-refractivity contribution in [2.45, 2.75) is 6.04 Å². The minimum Gasteiger partial charge on any atom is -0.352 e. The number of halogens is 1. The Morgan fingerprint density at radius 1 is 1.18 bits per heavy atom. The summed E-state index contributed by atoms with van der Waals surface area (Å²) in [7, 11) is 0. The summed E-state index contributed by atoms with van der Waals surface area (Å²) < 4.78 is 1.01. The van der Waals surface area contributed by atoms with Crippen molar-refractivity contribution in [3.8, 4) is 0 Å². The maximum atomic E-state index is 6.05. The summed E-state index contributed by atoms with van der Waals surface area (Å²) in [5.41, 5.74) is 7.16. The smallest absolute Gasteiger partial charge is 0.222 e. The summed E-state index contributed by atoms with van der Waals surface area (Å²) in [5, 5.41) is 3.12. The van der Waals surface area contributed by atoms with E-state index in [0.29, 0.717) is 12.5 Å². The van der Waals surface area contributed by atoms with Crippen molar-refractivity contribution in [1.82, 2.24) is 9.97 Å². The molecule has 0 aliphatic heterocycles. The van der Waals surface area contributed by atoms with Crippen LogP contribution in [-0.4, -0.2) is 16.5 Å². The molecule has 0 saturated carbocycles. The largest absolute Gasteiger partial charge is 0.352 e. The molecule has 1 atom stereocenters. The van der Waals surface area contributed by atoms with Crippen LogP contribution in [-0.2, 0) is 0 Å². The Hall–Kier alpha value is -1.21. The molecule has 0 aliphatic carbocycles. The molecule has 17 heavy (non-hydrogen) atoms. The average Bonchev–Trinajstić information content (AvgIpc) is 2.39.